The highest BCUT2D eigenvalue weighted by Gasteiger charge is 2.27. The summed E-state index contributed by atoms with van der Waals surface area (Å²) in [6.07, 6.45) is 6.74. The Morgan fingerprint density at radius 3 is 2.51 bits per heavy atom. The summed E-state index contributed by atoms with van der Waals surface area (Å²) >= 11 is 0. The van der Waals surface area contributed by atoms with Crippen molar-refractivity contribution in [2.75, 3.05) is 10.6 Å². The summed E-state index contributed by atoms with van der Waals surface area (Å²) in [6, 6.07) is 23.2. The molecule has 2 heterocycles. The second-order valence-electron chi connectivity index (χ2n) is 9.45. The van der Waals surface area contributed by atoms with Gasteiger partial charge in [0.2, 0.25) is 0 Å². The number of anilines is 2. The number of hydrogen-bond acceptors (Lipinski definition) is 6. The van der Waals surface area contributed by atoms with Crippen LogP contribution < -0.4 is 10.6 Å². The van der Waals surface area contributed by atoms with Crippen LogP contribution in [0.1, 0.15) is 61.1 Å². The maximum absolute atomic E-state index is 13.7. The lowest BCUT2D eigenvalue weighted by atomic mass is 10.0. The first-order valence-electron chi connectivity index (χ1n) is 12.7. The van der Waals surface area contributed by atoms with Crippen LogP contribution >= 0.6 is 0 Å². The molecule has 0 spiro atoms. The van der Waals surface area contributed by atoms with Gasteiger partial charge in [-0.1, -0.05) is 54.6 Å². The van der Waals surface area contributed by atoms with Gasteiger partial charge in [-0.15, -0.1) is 5.10 Å². The predicted octanol–water partition coefficient (Wildman–Crippen LogP) is 6.46. The normalized spacial score (nSPS) is 14.9. The van der Waals surface area contributed by atoms with Crippen LogP contribution in [0.5, 0.6) is 0 Å². The first-order valence-corrected chi connectivity index (χ1v) is 12.7. The van der Waals surface area contributed by atoms with E-state index in [1.54, 1.807) is 18.5 Å². The van der Waals surface area contributed by atoms with Crippen molar-refractivity contribution in [2.24, 2.45) is 0 Å². The molecule has 186 valence electrons. The van der Waals surface area contributed by atoms with E-state index in [1.165, 1.54) is 17.7 Å². The van der Waals surface area contributed by atoms with E-state index < -0.39 is 0 Å². The maximum atomic E-state index is 13.7. The van der Waals surface area contributed by atoms with E-state index in [9.17, 15) is 4.39 Å². The number of nitrogens with one attached hydrogen (secondary N) is 2. The molecule has 2 aromatic heterocycles. The largest absolute Gasteiger partial charge is 0.373 e. The second kappa shape index (κ2) is 9.97. The average molecular weight is 494 g/mol. The third kappa shape index (κ3) is 5.00. The van der Waals surface area contributed by atoms with Crippen LogP contribution in [0.4, 0.5) is 15.9 Å². The molecule has 1 aliphatic rings. The van der Waals surface area contributed by atoms with Gasteiger partial charge in [0.15, 0.2) is 0 Å². The van der Waals surface area contributed by atoms with Gasteiger partial charge in [-0.2, -0.15) is 0 Å². The number of nitrogens with zero attached hydrogens (tertiary/aromatic N) is 5. The molecule has 0 radical (unpaired) electrons. The zero-order valence-electron chi connectivity index (χ0n) is 20.6. The molecule has 3 aromatic carbocycles. The molecule has 5 aromatic rings. The van der Waals surface area contributed by atoms with Crippen molar-refractivity contribution in [2.45, 2.75) is 44.3 Å². The van der Waals surface area contributed by atoms with Gasteiger partial charge in [0.05, 0.1) is 29.8 Å². The SMILES string of the molecule is CC[C@@H](Nc1ncnc2ccc(NC(c3ccc(F)cc3)c3cn(C4CC4)nn3)cc12)c1ccccc1. The van der Waals surface area contributed by atoms with Gasteiger partial charge < -0.3 is 10.6 Å². The standard InChI is InChI=1S/C29H28FN7/c1-2-25(19-6-4-3-5-7-19)34-29-24-16-22(12-15-26(24)31-18-32-29)33-28(20-8-10-21(30)11-9-20)27-17-37(36-35-27)23-13-14-23/h3-12,15-18,23,25,28,33H,2,13-14H2,1H3,(H,31,32,34)/t25-,28?/m1/s1. The van der Waals surface area contributed by atoms with Crippen LogP contribution in [0.25, 0.3) is 10.9 Å². The lowest BCUT2D eigenvalue weighted by molar-refractivity contribution is 0.610. The minimum atomic E-state index is -0.292. The van der Waals surface area contributed by atoms with E-state index in [1.807, 2.05) is 29.1 Å². The molecule has 1 aliphatic carbocycles. The predicted molar refractivity (Wildman–Crippen MR) is 143 cm³/mol. The highest BCUT2D eigenvalue weighted by atomic mass is 19.1. The monoisotopic (exact) mass is 493 g/mol. The summed E-state index contributed by atoms with van der Waals surface area (Å²) in [5, 5.41) is 16.9. The number of rotatable bonds is 9. The molecular weight excluding hydrogens is 465 g/mol. The number of aromatic nitrogens is 5. The molecular formula is C29H28FN7. The fourth-order valence-corrected chi connectivity index (χ4v) is 4.62. The van der Waals surface area contributed by atoms with E-state index in [4.69, 9.17) is 0 Å². The first kappa shape index (κ1) is 23.1. The molecule has 1 saturated carbocycles. The molecule has 1 unspecified atom stereocenters. The smallest absolute Gasteiger partial charge is 0.137 e. The molecule has 1 fully saturated rings. The molecule has 0 bridgehead atoms. The van der Waals surface area contributed by atoms with E-state index in [0.29, 0.717) is 6.04 Å². The van der Waals surface area contributed by atoms with Crippen molar-refractivity contribution in [3.05, 3.63) is 108 Å². The number of benzene rings is 3. The van der Waals surface area contributed by atoms with Gasteiger partial charge in [-0.05, 0) is 60.7 Å². The van der Waals surface area contributed by atoms with Crippen molar-refractivity contribution in [3.8, 4) is 0 Å². The van der Waals surface area contributed by atoms with Gasteiger partial charge in [-0.25, -0.2) is 19.0 Å². The Labute approximate surface area is 214 Å². The van der Waals surface area contributed by atoms with E-state index in [0.717, 1.165) is 52.9 Å². The molecule has 8 heteroatoms. The van der Waals surface area contributed by atoms with Gasteiger partial charge in [0.25, 0.3) is 0 Å². The molecule has 0 amide bonds. The lowest BCUT2D eigenvalue weighted by Crippen LogP contribution is -2.14. The summed E-state index contributed by atoms with van der Waals surface area (Å²) in [4.78, 5) is 9.06. The Morgan fingerprint density at radius 2 is 1.76 bits per heavy atom. The van der Waals surface area contributed by atoms with Gasteiger partial charge in [0, 0.05) is 11.1 Å². The van der Waals surface area contributed by atoms with Crippen molar-refractivity contribution >= 4 is 22.4 Å². The van der Waals surface area contributed by atoms with Crippen molar-refractivity contribution in [3.63, 3.8) is 0 Å². The Hall–Kier alpha value is -4.33. The summed E-state index contributed by atoms with van der Waals surface area (Å²) in [5.41, 5.74) is 4.64. The second-order valence-corrected chi connectivity index (χ2v) is 9.45. The van der Waals surface area contributed by atoms with E-state index in [2.05, 4.69) is 68.2 Å². The minimum absolute atomic E-state index is 0.125. The van der Waals surface area contributed by atoms with Gasteiger partial charge in [0.1, 0.15) is 23.7 Å². The molecule has 37 heavy (non-hydrogen) atoms. The van der Waals surface area contributed by atoms with Crippen molar-refractivity contribution in [1.82, 2.24) is 25.0 Å². The Kier molecular flexibility index (Phi) is 6.22. The number of halogens is 1. The van der Waals surface area contributed by atoms with Crippen LogP contribution in [-0.4, -0.2) is 25.0 Å². The zero-order chi connectivity index (χ0) is 25.2. The summed E-state index contributed by atoms with van der Waals surface area (Å²) in [7, 11) is 0. The van der Waals surface area contributed by atoms with Crippen LogP contribution in [0.2, 0.25) is 0 Å². The number of hydrogen-bond donors (Lipinski definition) is 2. The highest BCUT2D eigenvalue weighted by molar-refractivity contribution is 5.91. The summed E-state index contributed by atoms with van der Waals surface area (Å²) in [6.45, 7) is 2.16. The molecule has 6 rings (SSSR count). The molecule has 2 atom stereocenters. The highest BCUT2D eigenvalue weighted by Crippen LogP contribution is 2.35. The third-order valence-corrected chi connectivity index (χ3v) is 6.82. The fraction of sp³-hybridized carbons (Fsp3) is 0.241. The van der Waals surface area contributed by atoms with Crippen molar-refractivity contribution in [1.29, 1.82) is 0 Å². The summed E-state index contributed by atoms with van der Waals surface area (Å²) < 4.78 is 15.6. The third-order valence-electron chi connectivity index (χ3n) is 6.82. The minimum Gasteiger partial charge on any atom is -0.373 e. The van der Waals surface area contributed by atoms with Gasteiger partial charge in [-0.3, -0.25) is 0 Å². The summed E-state index contributed by atoms with van der Waals surface area (Å²) in [5.74, 6) is 0.508. The Balaban J connectivity index is 1.34. The molecule has 0 aliphatic heterocycles. The van der Waals surface area contributed by atoms with Crippen LogP contribution in [0, 0.1) is 5.82 Å². The van der Waals surface area contributed by atoms with Crippen LogP contribution in [0.15, 0.2) is 85.3 Å². The topological polar surface area (TPSA) is 80.5 Å². The maximum Gasteiger partial charge on any atom is 0.137 e. The molecule has 0 saturated heterocycles. The van der Waals surface area contributed by atoms with E-state index in [-0.39, 0.29) is 17.9 Å². The Morgan fingerprint density at radius 1 is 0.946 bits per heavy atom. The first-order chi connectivity index (χ1) is 18.2. The van der Waals surface area contributed by atoms with E-state index >= 15 is 0 Å². The number of fused-ring (bicyclic) bond motifs is 1. The fourth-order valence-electron chi connectivity index (χ4n) is 4.62. The Bertz CT molecular complexity index is 1500. The lowest BCUT2D eigenvalue weighted by Gasteiger charge is -2.21. The van der Waals surface area contributed by atoms with Crippen LogP contribution in [-0.2, 0) is 0 Å². The average Bonchev–Trinajstić information content (AvgIpc) is 3.68. The quantitative estimate of drug-likeness (QED) is 0.245. The molecule has 7 nitrogen and oxygen atoms in total. The zero-order valence-corrected chi connectivity index (χ0v) is 20.6. The van der Waals surface area contributed by atoms with Crippen molar-refractivity contribution < 1.29 is 4.39 Å². The van der Waals surface area contributed by atoms with Crippen LogP contribution in [0.3, 0.4) is 0 Å². The molecule has 2 N–H and O–H groups in total. The van der Waals surface area contributed by atoms with Gasteiger partial charge >= 0.3 is 0 Å².